The van der Waals surface area contributed by atoms with E-state index in [0.29, 0.717) is 24.3 Å². The van der Waals surface area contributed by atoms with E-state index < -0.39 is 24.5 Å². The number of ether oxygens (including phenoxy) is 2. The Morgan fingerprint density at radius 1 is 1.11 bits per heavy atom. The number of hydrogen-bond donors (Lipinski definition) is 0. The first-order valence-corrected chi connectivity index (χ1v) is 8.96. The van der Waals surface area contributed by atoms with Crippen LogP contribution in [0.2, 0.25) is 0 Å². The zero-order chi connectivity index (χ0) is 20.1. The first kappa shape index (κ1) is 19.5. The van der Waals surface area contributed by atoms with Crippen LogP contribution in [0.3, 0.4) is 0 Å². The van der Waals surface area contributed by atoms with Crippen molar-refractivity contribution in [2.24, 2.45) is 0 Å². The number of Topliss-reactive ketones (excluding diaryl/α,β-unsaturated/α-hetero) is 1. The lowest BCUT2D eigenvalue weighted by Crippen LogP contribution is -2.28. The van der Waals surface area contributed by atoms with Gasteiger partial charge in [-0.1, -0.05) is 0 Å². The molecule has 146 valence electrons. The monoisotopic (exact) mass is 385 g/mol. The van der Waals surface area contributed by atoms with Gasteiger partial charge in [0, 0.05) is 24.2 Å². The van der Waals surface area contributed by atoms with Crippen molar-refractivity contribution in [1.82, 2.24) is 0 Å². The molecule has 0 saturated carbocycles. The summed E-state index contributed by atoms with van der Waals surface area (Å²) in [5.74, 6) is -1.07. The normalized spacial score (nSPS) is 14.6. The van der Waals surface area contributed by atoms with Crippen LogP contribution in [0, 0.1) is 5.82 Å². The zero-order valence-corrected chi connectivity index (χ0v) is 15.4. The van der Waals surface area contributed by atoms with Gasteiger partial charge in [-0.2, -0.15) is 0 Å². The standard InChI is InChI=1S/C21H20FNO5/c1-14(28-18-10-6-16(22)7-11-18)21(26)27-13-19(24)15-4-8-17(9-5-15)23-12-2-3-20(23)25/h4-11,14H,2-3,12-13H2,1H3/t14-/m0/s1. The Balaban J connectivity index is 1.50. The molecule has 1 fully saturated rings. The van der Waals surface area contributed by atoms with Gasteiger partial charge in [-0.05, 0) is 61.9 Å². The molecule has 0 aliphatic carbocycles. The van der Waals surface area contributed by atoms with E-state index in [1.807, 2.05) is 0 Å². The highest BCUT2D eigenvalue weighted by Crippen LogP contribution is 2.21. The third-order valence-corrected chi connectivity index (χ3v) is 4.38. The number of esters is 1. The minimum atomic E-state index is -0.943. The summed E-state index contributed by atoms with van der Waals surface area (Å²) in [5.41, 5.74) is 1.13. The maximum Gasteiger partial charge on any atom is 0.347 e. The Bertz CT molecular complexity index is 863. The van der Waals surface area contributed by atoms with E-state index in [4.69, 9.17) is 9.47 Å². The minimum Gasteiger partial charge on any atom is -0.479 e. The van der Waals surface area contributed by atoms with Gasteiger partial charge < -0.3 is 14.4 Å². The van der Waals surface area contributed by atoms with E-state index in [9.17, 15) is 18.8 Å². The first-order valence-electron chi connectivity index (χ1n) is 8.96. The molecule has 1 aliphatic heterocycles. The largest absolute Gasteiger partial charge is 0.479 e. The molecular weight excluding hydrogens is 365 g/mol. The molecule has 2 aromatic rings. The van der Waals surface area contributed by atoms with Gasteiger partial charge in [0.25, 0.3) is 0 Å². The molecule has 0 bridgehead atoms. The molecule has 0 unspecified atom stereocenters. The fraction of sp³-hybridized carbons (Fsp3) is 0.286. The van der Waals surface area contributed by atoms with E-state index in [2.05, 4.69) is 0 Å². The Labute approximate surface area is 161 Å². The molecule has 0 aromatic heterocycles. The molecule has 6 nitrogen and oxygen atoms in total. The van der Waals surface area contributed by atoms with E-state index in [1.54, 1.807) is 29.2 Å². The third-order valence-electron chi connectivity index (χ3n) is 4.38. The average molecular weight is 385 g/mol. The van der Waals surface area contributed by atoms with Gasteiger partial charge in [-0.25, -0.2) is 9.18 Å². The van der Waals surface area contributed by atoms with Gasteiger partial charge in [0.1, 0.15) is 11.6 Å². The highest BCUT2D eigenvalue weighted by atomic mass is 19.1. The summed E-state index contributed by atoms with van der Waals surface area (Å²) < 4.78 is 23.3. The fourth-order valence-electron chi connectivity index (χ4n) is 2.85. The van der Waals surface area contributed by atoms with Gasteiger partial charge in [0.15, 0.2) is 18.5 Å². The zero-order valence-electron chi connectivity index (χ0n) is 15.4. The second-order valence-corrected chi connectivity index (χ2v) is 6.44. The van der Waals surface area contributed by atoms with Crippen LogP contribution in [-0.2, 0) is 14.3 Å². The molecule has 1 saturated heterocycles. The lowest BCUT2D eigenvalue weighted by Gasteiger charge is -2.16. The average Bonchev–Trinajstić information content (AvgIpc) is 3.13. The Hall–Kier alpha value is -3.22. The summed E-state index contributed by atoms with van der Waals surface area (Å²) in [4.78, 5) is 37.7. The van der Waals surface area contributed by atoms with E-state index in [0.717, 1.165) is 12.1 Å². The maximum atomic E-state index is 12.9. The van der Waals surface area contributed by atoms with Crippen LogP contribution in [-0.4, -0.2) is 36.9 Å². The molecule has 0 spiro atoms. The van der Waals surface area contributed by atoms with Crippen LogP contribution in [0.1, 0.15) is 30.1 Å². The quantitative estimate of drug-likeness (QED) is 0.541. The Morgan fingerprint density at radius 2 is 1.79 bits per heavy atom. The molecule has 0 N–H and O–H groups in total. The number of rotatable bonds is 7. The van der Waals surface area contributed by atoms with E-state index in [-0.39, 0.29) is 11.7 Å². The van der Waals surface area contributed by atoms with Crippen molar-refractivity contribution < 1.29 is 28.2 Å². The van der Waals surface area contributed by atoms with Crippen molar-refractivity contribution in [1.29, 1.82) is 0 Å². The van der Waals surface area contributed by atoms with Crippen LogP contribution in [0.15, 0.2) is 48.5 Å². The molecule has 28 heavy (non-hydrogen) atoms. The topological polar surface area (TPSA) is 72.9 Å². The van der Waals surface area contributed by atoms with Crippen molar-refractivity contribution in [2.45, 2.75) is 25.9 Å². The molecule has 1 amide bonds. The number of amides is 1. The van der Waals surface area contributed by atoms with Crippen LogP contribution >= 0.6 is 0 Å². The second kappa shape index (κ2) is 8.65. The summed E-state index contributed by atoms with van der Waals surface area (Å²) in [6.45, 7) is 1.74. The highest BCUT2D eigenvalue weighted by Gasteiger charge is 2.22. The van der Waals surface area contributed by atoms with Crippen molar-refractivity contribution in [3.8, 4) is 5.75 Å². The smallest absolute Gasteiger partial charge is 0.347 e. The summed E-state index contributed by atoms with van der Waals surface area (Å²) in [6.07, 6.45) is 0.421. The van der Waals surface area contributed by atoms with Gasteiger partial charge in [-0.15, -0.1) is 0 Å². The van der Waals surface area contributed by atoms with Gasteiger partial charge in [0.05, 0.1) is 0 Å². The predicted octanol–water partition coefficient (Wildman–Crippen LogP) is 3.15. The van der Waals surface area contributed by atoms with Gasteiger partial charge in [0.2, 0.25) is 5.91 Å². The van der Waals surface area contributed by atoms with E-state index >= 15 is 0 Å². The summed E-state index contributed by atoms with van der Waals surface area (Å²) in [7, 11) is 0. The molecule has 2 aromatic carbocycles. The van der Waals surface area contributed by atoms with Crippen molar-refractivity contribution in [3.05, 3.63) is 59.9 Å². The van der Waals surface area contributed by atoms with Gasteiger partial charge in [-0.3, -0.25) is 9.59 Å². The molecule has 0 radical (unpaired) electrons. The van der Waals surface area contributed by atoms with Crippen molar-refractivity contribution in [3.63, 3.8) is 0 Å². The lowest BCUT2D eigenvalue weighted by atomic mass is 10.1. The number of carbonyl (C=O) groups excluding carboxylic acids is 3. The van der Waals surface area contributed by atoms with Crippen molar-refractivity contribution in [2.75, 3.05) is 18.1 Å². The molecular formula is C21H20FNO5. The fourth-order valence-corrected chi connectivity index (χ4v) is 2.85. The first-order chi connectivity index (χ1) is 13.4. The number of ketones is 1. The molecule has 1 heterocycles. The summed E-state index contributed by atoms with van der Waals surface area (Å²) >= 11 is 0. The van der Waals surface area contributed by atoms with Crippen LogP contribution in [0.4, 0.5) is 10.1 Å². The number of halogens is 1. The van der Waals surface area contributed by atoms with E-state index in [1.165, 1.54) is 31.2 Å². The molecule has 1 aliphatic rings. The highest BCUT2D eigenvalue weighted by molar-refractivity contribution is 5.99. The lowest BCUT2D eigenvalue weighted by molar-refractivity contribution is -0.149. The number of anilines is 1. The van der Waals surface area contributed by atoms with Crippen LogP contribution in [0.25, 0.3) is 0 Å². The number of hydrogen-bond acceptors (Lipinski definition) is 5. The number of nitrogens with zero attached hydrogens (tertiary/aromatic N) is 1. The third kappa shape index (κ3) is 4.73. The number of benzene rings is 2. The molecule has 1 atom stereocenters. The minimum absolute atomic E-state index is 0.0724. The van der Waals surface area contributed by atoms with Gasteiger partial charge >= 0.3 is 5.97 Å². The molecule has 7 heteroatoms. The maximum absolute atomic E-state index is 12.9. The number of carbonyl (C=O) groups is 3. The van der Waals surface area contributed by atoms with Crippen molar-refractivity contribution >= 4 is 23.3 Å². The SMILES string of the molecule is C[C@H](Oc1ccc(F)cc1)C(=O)OCC(=O)c1ccc(N2CCCC2=O)cc1. The predicted molar refractivity (Wildman–Crippen MR) is 99.8 cm³/mol. The summed E-state index contributed by atoms with van der Waals surface area (Å²) in [5, 5.41) is 0. The summed E-state index contributed by atoms with van der Waals surface area (Å²) in [6, 6.07) is 11.9. The Kier molecular flexibility index (Phi) is 6.03. The van der Waals surface area contributed by atoms with Crippen LogP contribution in [0.5, 0.6) is 5.75 Å². The van der Waals surface area contributed by atoms with Crippen LogP contribution < -0.4 is 9.64 Å². The second-order valence-electron chi connectivity index (χ2n) is 6.44. The molecule has 3 rings (SSSR count). The Morgan fingerprint density at radius 3 is 2.39 bits per heavy atom.